The molecule has 0 fully saturated rings. The molecular formula is C18H20N2O. The highest BCUT2D eigenvalue weighted by molar-refractivity contribution is 5.67. The van der Waals surface area contributed by atoms with Crippen LogP contribution in [0, 0.1) is 6.92 Å². The van der Waals surface area contributed by atoms with E-state index in [1.165, 1.54) is 11.1 Å². The summed E-state index contributed by atoms with van der Waals surface area (Å²) in [6.45, 7) is 4.62. The van der Waals surface area contributed by atoms with E-state index in [0.717, 1.165) is 36.4 Å². The smallest absolute Gasteiger partial charge is 0.119 e. The Morgan fingerprint density at radius 1 is 1.19 bits per heavy atom. The van der Waals surface area contributed by atoms with Crippen LogP contribution in [0.2, 0.25) is 0 Å². The van der Waals surface area contributed by atoms with Crippen molar-refractivity contribution in [3.63, 3.8) is 0 Å². The Bertz CT molecular complexity index is 632. The van der Waals surface area contributed by atoms with Crippen LogP contribution < -0.4 is 10.1 Å². The number of ether oxygens (including phenoxy) is 1. The van der Waals surface area contributed by atoms with E-state index in [9.17, 15) is 0 Å². The Morgan fingerprint density at radius 2 is 2.05 bits per heavy atom. The van der Waals surface area contributed by atoms with Gasteiger partial charge in [0, 0.05) is 24.5 Å². The van der Waals surface area contributed by atoms with Crippen LogP contribution in [-0.4, -0.2) is 18.1 Å². The fourth-order valence-electron chi connectivity index (χ4n) is 2.51. The molecule has 1 aromatic heterocycles. The van der Waals surface area contributed by atoms with Gasteiger partial charge in [-0.2, -0.15) is 0 Å². The number of nitrogens with zero attached hydrogens (tertiary/aromatic N) is 1. The zero-order valence-corrected chi connectivity index (χ0v) is 12.3. The second-order valence-corrected chi connectivity index (χ2v) is 5.37. The van der Waals surface area contributed by atoms with Gasteiger partial charge < -0.3 is 10.1 Å². The molecule has 2 aromatic rings. The molecule has 0 unspecified atom stereocenters. The van der Waals surface area contributed by atoms with Crippen molar-refractivity contribution < 1.29 is 4.74 Å². The maximum atomic E-state index is 5.82. The lowest BCUT2D eigenvalue weighted by atomic mass is 10.0. The molecule has 108 valence electrons. The Labute approximate surface area is 125 Å². The third kappa shape index (κ3) is 3.70. The van der Waals surface area contributed by atoms with Crippen LogP contribution in [0.4, 0.5) is 0 Å². The summed E-state index contributed by atoms with van der Waals surface area (Å²) < 4.78 is 5.82. The van der Waals surface area contributed by atoms with Crippen molar-refractivity contribution in [3.8, 4) is 5.75 Å². The van der Waals surface area contributed by atoms with Crippen molar-refractivity contribution in [3.05, 3.63) is 65.5 Å². The Kier molecular flexibility index (Phi) is 4.31. The molecule has 0 spiro atoms. The van der Waals surface area contributed by atoms with Crippen molar-refractivity contribution in [1.29, 1.82) is 0 Å². The average Bonchev–Trinajstić information content (AvgIpc) is 2.54. The van der Waals surface area contributed by atoms with E-state index in [1.54, 1.807) is 0 Å². The molecule has 1 aliphatic rings. The minimum absolute atomic E-state index is 0.556. The standard InChI is InChI=1S/C18H20N2O/c1-14-10-15(12-20-11-14)13-21-18-4-2-16(3-5-18)17-6-8-19-9-7-17/h2-6,10-12,19H,7-9,13H2,1H3. The van der Waals surface area contributed by atoms with E-state index in [-0.39, 0.29) is 0 Å². The minimum atomic E-state index is 0.556. The molecule has 3 heteroatoms. The molecule has 1 N–H and O–H groups in total. The Hall–Kier alpha value is -2.13. The molecule has 0 saturated heterocycles. The predicted octanol–water partition coefficient (Wildman–Crippen LogP) is 3.35. The molecule has 21 heavy (non-hydrogen) atoms. The molecule has 0 saturated carbocycles. The molecule has 1 aromatic carbocycles. The maximum Gasteiger partial charge on any atom is 0.119 e. The average molecular weight is 280 g/mol. The van der Waals surface area contributed by atoms with Gasteiger partial charge in [-0.05, 0) is 54.8 Å². The summed E-state index contributed by atoms with van der Waals surface area (Å²) in [7, 11) is 0. The second kappa shape index (κ2) is 6.55. The van der Waals surface area contributed by atoms with Gasteiger partial charge in [-0.1, -0.05) is 18.2 Å². The number of benzene rings is 1. The normalized spacial score (nSPS) is 14.6. The molecule has 0 amide bonds. The topological polar surface area (TPSA) is 34.1 Å². The SMILES string of the molecule is Cc1cncc(COc2ccc(C3=CCNCC3)cc2)c1. The van der Waals surface area contributed by atoms with Crippen molar-refractivity contribution in [2.24, 2.45) is 0 Å². The fraction of sp³-hybridized carbons (Fsp3) is 0.278. The summed E-state index contributed by atoms with van der Waals surface area (Å²) in [4.78, 5) is 4.18. The second-order valence-electron chi connectivity index (χ2n) is 5.37. The van der Waals surface area contributed by atoms with E-state index in [4.69, 9.17) is 4.74 Å². The zero-order valence-electron chi connectivity index (χ0n) is 12.3. The van der Waals surface area contributed by atoms with Gasteiger partial charge in [0.05, 0.1) is 0 Å². The van der Waals surface area contributed by atoms with Crippen molar-refractivity contribution >= 4 is 5.57 Å². The van der Waals surface area contributed by atoms with Gasteiger partial charge >= 0.3 is 0 Å². The number of hydrogen-bond acceptors (Lipinski definition) is 3. The van der Waals surface area contributed by atoms with Crippen LogP contribution in [-0.2, 0) is 6.61 Å². The summed E-state index contributed by atoms with van der Waals surface area (Å²) in [5.41, 5.74) is 4.97. The van der Waals surface area contributed by atoms with Gasteiger partial charge in [-0.15, -0.1) is 0 Å². The first-order chi connectivity index (χ1) is 10.3. The third-order valence-electron chi connectivity index (χ3n) is 3.63. The van der Waals surface area contributed by atoms with Crippen LogP contribution in [0.25, 0.3) is 5.57 Å². The van der Waals surface area contributed by atoms with Gasteiger partial charge in [-0.3, -0.25) is 4.98 Å². The molecular weight excluding hydrogens is 260 g/mol. The third-order valence-corrected chi connectivity index (χ3v) is 3.63. The molecule has 1 aliphatic heterocycles. The number of aryl methyl sites for hydroxylation is 1. The van der Waals surface area contributed by atoms with E-state index < -0.39 is 0 Å². The summed E-state index contributed by atoms with van der Waals surface area (Å²) in [6, 6.07) is 10.5. The molecule has 0 atom stereocenters. The molecule has 0 aliphatic carbocycles. The zero-order chi connectivity index (χ0) is 14.5. The van der Waals surface area contributed by atoms with E-state index in [2.05, 4.69) is 34.6 Å². The van der Waals surface area contributed by atoms with E-state index >= 15 is 0 Å². The van der Waals surface area contributed by atoms with Crippen LogP contribution in [0.5, 0.6) is 5.75 Å². The van der Waals surface area contributed by atoms with Gasteiger partial charge in [0.15, 0.2) is 0 Å². The lowest BCUT2D eigenvalue weighted by Gasteiger charge is -2.14. The van der Waals surface area contributed by atoms with Crippen LogP contribution >= 0.6 is 0 Å². The van der Waals surface area contributed by atoms with Crippen LogP contribution in [0.15, 0.2) is 48.8 Å². The molecule has 2 heterocycles. The fourth-order valence-corrected chi connectivity index (χ4v) is 2.51. The van der Waals surface area contributed by atoms with Crippen molar-refractivity contribution in [1.82, 2.24) is 10.3 Å². The summed E-state index contributed by atoms with van der Waals surface area (Å²) in [5.74, 6) is 0.898. The number of hydrogen-bond donors (Lipinski definition) is 1. The summed E-state index contributed by atoms with van der Waals surface area (Å²) in [5, 5.41) is 3.33. The summed E-state index contributed by atoms with van der Waals surface area (Å²) >= 11 is 0. The molecule has 3 rings (SSSR count). The van der Waals surface area contributed by atoms with Crippen LogP contribution in [0.3, 0.4) is 0 Å². The number of pyridine rings is 1. The monoisotopic (exact) mass is 280 g/mol. The minimum Gasteiger partial charge on any atom is -0.489 e. The number of nitrogens with one attached hydrogen (secondary N) is 1. The predicted molar refractivity (Wildman–Crippen MR) is 85.2 cm³/mol. The van der Waals surface area contributed by atoms with Gasteiger partial charge in [0.2, 0.25) is 0 Å². The molecule has 0 radical (unpaired) electrons. The Morgan fingerprint density at radius 3 is 2.76 bits per heavy atom. The summed E-state index contributed by atoms with van der Waals surface area (Å²) in [6.07, 6.45) is 7.05. The highest BCUT2D eigenvalue weighted by Crippen LogP contribution is 2.22. The lowest BCUT2D eigenvalue weighted by molar-refractivity contribution is 0.305. The first-order valence-corrected chi connectivity index (χ1v) is 7.35. The first kappa shape index (κ1) is 13.8. The van der Waals surface area contributed by atoms with E-state index in [0.29, 0.717) is 6.61 Å². The van der Waals surface area contributed by atoms with Crippen LogP contribution in [0.1, 0.15) is 23.1 Å². The largest absolute Gasteiger partial charge is 0.489 e. The first-order valence-electron chi connectivity index (χ1n) is 7.35. The van der Waals surface area contributed by atoms with Crippen molar-refractivity contribution in [2.75, 3.05) is 13.1 Å². The lowest BCUT2D eigenvalue weighted by Crippen LogP contribution is -2.19. The number of aromatic nitrogens is 1. The van der Waals surface area contributed by atoms with Crippen molar-refractivity contribution in [2.45, 2.75) is 20.0 Å². The molecule has 3 nitrogen and oxygen atoms in total. The van der Waals surface area contributed by atoms with E-state index in [1.807, 2.05) is 31.5 Å². The highest BCUT2D eigenvalue weighted by Gasteiger charge is 2.05. The maximum absolute atomic E-state index is 5.82. The van der Waals surface area contributed by atoms with Gasteiger partial charge in [0.25, 0.3) is 0 Å². The van der Waals surface area contributed by atoms with Gasteiger partial charge in [-0.25, -0.2) is 0 Å². The Balaban J connectivity index is 1.63. The van der Waals surface area contributed by atoms with Gasteiger partial charge in [0.1, 0.15) is 12.4 Å². The quantitative estimate of drug-likeness (QED) is 0.932. The number of rotatable bonds is 4. The highest BCUT2D eigenvalue weighted by atomic mass is 16.5. The molecule has 0 bridgehead atoms.